The van der Waals surface area contributed by atoms with E-state index in [1.807, 2.05) is 12.1 Å². The average molecular weight is 331 g/mol. The fourth-order valence-corrected chi connectivity index (χ4v) is 2.14. The summed E-state index contributed by atoms with van der Waals surface area (Å²) in [7, 11) is 0. The quantitative estimate of drug-likeness (QED) is 0.538. The first-order valence-corrected chi connectivity index (χ1v) is 7.96. The van der Waals surface area contributed by atoms with Crippen LogP contribution in [-0.4, -0.2) is 28.3 Å². The van der Waals surface area contributed by atoms with Crippen LogP contribution in [0.25, 0.3) is 0 Å². The minimum Gasteiger partial charge on any atom is -0.494 e. The van der Waals surface area contributed by atoms with Crippen LogP contribution < -0.4 is 4.74 Å². The van der Waals surface area contributed by atoms with Gasteiger partial charge >= 0.3 is 0 Å². The molecule has 0 bridgehead atoms. The first-order valence-electron chi connectivity index (χ1n) is 6.84. The Hall–Kier alpha value is -0.580. The second kappa shape index (κ2) is 9.34. The number of rotatable bonds is 9. The SMILES string of the molecule is CCCCCCOc1ccc(C(O)C(O)CBr)cc1. The molecular weight excluding hydrogens is 308 g/mol. The first kappa shape index (κ1) is 16.5. The lowest BCUT2D eigenvalue weighted by molar-refractivity contribution is 0.0342. The fraction of sp³-hybridized carbons (Fsp3) is 0.600. The molecule has 0 saturated carbocycles. The Morgan fingerprint density at radius 1 is 1.11 bits per heavy atom. The Bertz CT molecular complexity index is 340. The predicted octanol–water partition coefficient (Wildman–Crippen LogP) is 3.43. The van der Waals surface area contributed by atoms with Crippen molar-refractivity contribution in [3.8, 4) is 5.75 Å². The molecule has 1 aromatic rings. The summed E-state index contributed by atoms with van der Waals surface area (Å²) in [6, 6.07) is 7.24. The number of alkyl halides is 1. The van der Waals surface area contributed by atoms with Gasteiger partial charge in [-0.1, -0.05) is 54.2 Å². The van der Waals surface area contributed by atoms with Crippen LogP contribution in [0.2, 0.25) is 0 Å². The number of aliphatic hydroxyl groups is 2. The molecule has 0 spiro atoms. The zero-order valence-corrected chi connectivity index (χ0v) is 13.0. The van der Waals surface area contributed by atoms with E-state index in [0.29, 0.717) is 10.9 Å². The van der Waals surface area contributed by atoms with Crippen LogP contribution in [0.3, 0.4) is 0 Å². The molecule has 1 aromatic carbocycles. The largest absolute Gasteiger partial charge is 0.494 e. The van der Waals surface area contributed by atoms with Crippen LogP contribution >= 0.6 is 15.9 Å². The zero-order valence-electron chi connectivity index (χ0n) is 11.4. The lowest BCUT2D eigenvalue weighted by Crippen LogP contribution is -2.19. The molecule has 0 aliphatic rings. The molecule has 19 heavy (non-hydrogen) atoms. The van der Waals surface area contributed by atoms with E-state index in [1.54, 1.807) is 12.1 Å². The monoisotopic (exact) mass is 330 g/mol. The molecule has 0 fully saturated rings. The van der Waals surface area contributed by atoms with Gasteiger partial charge in [0.05, 0.1) is 12.7 Å². The average Bonchev–Trinajstić information content (AvgIpc) is 2.46. The van der Waals surface area contributed by atoms with E-state index in [1.165, 1.54) is 19.3 Å². The molecule has 3 nitrogen and oxygen atoms in total. The van der Waals surface area contributed by atoms with Crippen LogP contribution in [0.5, 0.6) is 5.75 Å². The van der Waals surface area contributed by atoms with E-state index in [-0.39, 0.29) is 0 Å². The van der Waals surface area contributed by atoms with Crippen molar-refractivity contribution in [2.45, 2.75) is 44.8 Å². The number of hydrogen-bond donors (Lipinski definition) is 2. The molecule has 0 saturated heterocycles. The summed E-state index contributed by atoms with van der Waals surface area (Å²) in [4.78, 5) is 0. The van der Waals surface area contributed by atoms with Gasteiger partial charge in [-0.2, -0.15) is 0 Å². The molecule has 0 radical (unpaired) electrons. The van der Waals surface area contributed by atoms with Gasteiger partial charge in [0.15, 0.2) is 0 Å². The highest BCUT2D eigenvalue weighted by Crippen LogP contribution is 2.21. The van der Waals surface area contributed by atoms with E-state index < -0.39 is 12.2 Å². The van der Waals surface area contributed by atoms with Gasteiger partial charge in [-0.15, -0.1) is 0 Å². The molecule has 0 aromatic heterocycles. The molecule has 1 rings (SSSR count). The summed E-state index contributed by atoms with van der Waals surface area (Å²) in [5, 5.41) is 19.7. The highest BCUT2D eigenvalue weighted by Gasteiger charge is 2.16. The fourth-order valence-electron chi connectivity index (χ4n) is 1.79. The Labute approximate surface area is 123 Å². The maximum atomic E-state index is 9.83. The normalized spacial score (nSPS) is 14.1. The second-order valence-electron chi connectivity index (χ2n) is 4.64. The lowest BCUT2D eigenvalue weighted by atomic mass is 10.1. The maximum absolute atomic E-state index is 9.83. The van der Waals surface area contributed by atoms with E-state index in [2.05, 4.69) is 22.9 Å². The molecule has 2 N–H and O–H groups in total. The van der Waals surface area contributed by atoms with Crippen molar-refractivity contribution in [3.63, 3.8) is 0 Å². The Morgan fingerprint density at radius 2 is 1.79 bits per heavy atom. The number of benzene rings is 1. The van der Waals surface area contributed by atoms with Crippen molar-refractivity contribution in [1.82, 2.24) is 0 Å². The van der Waals surface area contributed by atoms with Crippen molar-refractivity contribution in [2.24, 2.45) is 0 Å². The van der Waals surface area contributed by atoms with Crippen LogP contribution in [0.15, 0.2) is 24.3 Å². The predicted molar refractivity (Wildman–Crippen MR) is 80.8 cm³/mol. The summed E-state index contributed by atoms with van der Waals surface area (Å²) in [5.74, 6) is 0.806. The molecule has 2 unspecified atom stereocenters. The molecule has 108 valence electrons. The topological polar surface area (TPSA) is 49.7 Å². The van der Waals surface area contributed by atoms with Gasteiger partial charge in [-0.25, -0.2) is 0 Å². The van der Waals surface area contributed by atoms with Crippen molar-refractivity contribution in [3.05, 3.63) is 29.8 Å². The van der Waals surface area contributed by atoms with Gasteiger partial charge in [0, 0.05) is 5.33 Å². The zero-order chi connectivity index (χ0) is 14.1. The number of aliphatic hydroxyl groups excluding tert-OH is 2. The van der Waals surface area contributed by atoms with Gasteiger partial charge in [0.2, 0.25) is 0 Å². The second-order valence-corrected chi connectivity index (χ2v) is 5.29. The van der Waals surface area contributed by atoms with Crippen LogP contribution in [-0.2, 0) is 0 Å². The van der Waals surface area contributed by atoms with Gasteiger partial charge < -0.3 is 14.9 Å². The summed E-state index contributed by atoms with van der Waals surface area (Å²) < 4.78 is 5.62. The molecule has 0 amide bonds. The number of unbranched alkanes of at least 4 members (excludes halogenated alkanes) is 3. The summed E-state index contributed by atoms with van der Waals surface area (Å²) in [5.41, 5.74) is 0.699. The lowest BCUT2D eigenvalue weighted by Gasteiger charge is -2.16. The Kier molecular flexibility index (Phi) is 8.10. The maximum Gasteiger partial charge on any atom is 0.119 e. The van der Waals surface area contributed by atoms with E-state index >= 15 is 0 Å². The Balaban J connectivity index is 2.39. The van der Waals surface area contributed by atoms with Crippen molar-refractivity contribution in [2.75, 3.05) is 11.9 Å². The molecular formula is C15H23BrO3. The molecule has 4 heteroatoms. The third-order valence-electron chi connectivity index (χ3n) is 3.01. The Morgan fingerprint density at radius 3 is 2.37 bits per heavy atom. The molecule has 0 heterocycles. The minimum atomic E-state index is -0.863. The summed E-state index contributed by atoms with van der Waals surface area (Å²) >= 11 is 3.15. The highest BCUT2D eigenvalue weighted by atomic mass is 79.9. The third-order valence-corrected chi connectivity index (χ3v) is 3.67. The van der Waals surface area contributed by atoms with E-state index in [9.17, 15) is 10.2 Å². The van der Waals surface area contributed by atoms with Crippen LogP contribution in [0, 0.1) is 0 Å². The van der Waals surface area contributed by atoms with E-state index in [0.717, 1.165) is 18.8 Å². The first-order chi connectivity index (χ1) is 9.19. The molecule has 0 aliphatic heterocycles. The van der Waals surface area contributed by atoms with Gasteiger partial charge in [0.25, 0.3) is 0 Å². The van der Waals surface area contributed by atoms with Crippen molar-refractivity contribution >= 4 is 15.9 Å². The summed E-state index contributed by atoms with van der Waals surface area (Å²) in [6.07, 6.45) is 3.09. The van der Waals surface area contributed by atoms with Gasteiger partial charge in [-0.3, -0.25) is 0 Å². The molecule has 0 aliphatic carbocycles. The van der Waals surface area contributed by atoms with Crippen molar-refractivity contribution < 1.29 is 14.9 Å². The highest BCUT2D eigenvalue weighted by molar-refractivity contribution is 9.09. The number of hydrogen-bond acceptors (Lipinski definition) is 3. The van der Waals surface area contributed by atoms with Crippen LogP contribution in [0.1, 0.15) is 44.3 Å². The van der Waals surface area contributed by atoms with E-state index in [4.69, 9.17) is 4.74 Å². The van der Waals surface area contributed by atoms with Gasteiger partial charge in [0.1, 0.15) is 11.9 Å². The standard InChI is InChI=1S/C15H23BrO3/c1-2-3-4-5-10-19-13-8-6-12(7-9-13)15(18)14(17)11-16/h6-9,14-15,17-18H,2-5,10-11H2,1H3. The van der Waals surface area contributed by atoms with Crippen molar-refractivity contribution in [1.29, 1.82) is 0 Å². The smallest absolute Gasteiger partial charge is 0.119 e. The van der Waals surface area contributed by atoms with Gasteiger partial charge in [-0.05, 0) is 24.1 Å². The molecule has 2 atom stereocenters. The minimum absolute atomic E-state index is 0.351. The number of ether oxygens (including phenoxy) is 1. The third kappa shape index (κ3) is 5.93. The van der Waals surface area contributed by atoms with Crippen LogP contribution in [0.4, 0.5) is 0 Å². The number of halogens is 1. The summed E-state index contributed by atoms with van der Waals surface area (Å²) in [6.45, 7) is 2.91.